The summed E-state index contributed by atoms with van der Waals surface area (Å²) in [6, 6.07) is 2.02. The quantitative estimate of drug-likeness (QED) is 0.860. The first-order valence-corrected chi connectivity index (χ1v) is 6.92. The zero-order valence-electron chi connectivity index (χ0n) is 11.4. The minimum atomic E-state index is -0.506. The largest absolute Gasteiger partial charge is 0.389 e. The molecule has 2 N–H and O–H groups in total. The summed E-state index contributed by atoms with van der Waals surface area (Å²) >= 11 is 0. The first-order chi connectivity index (χ1) is 8.59. The van der Waals surface area contributed by atoms with Gasteiger partial charge in [-0.2, -0.15) is 0 Å². The van der Waals surface area contributed by atoms with Gasteiger partial charge < -0.3 is 10.4 Å². The molecule has 2 unspecified atom stereocenters. The molecule has 0 bridgehead atoms. The average Bonchev–Trinajstić information content (AvgIpc) is 2.31. The number of nitrogens with one attached hydrogen (secondary N) is 1. The maximum absolute atomic E-state index is 10.5. The van der Waals surface area contributed by atoms with Crippen LogP contribution in [0, 0.1) is 12.8 Å². The molecular weight excluding hydrogens is 224 g/mol. The predicted octanol–water partition coefficient (Wildman–Crippen LogP) is 2.42. The van der Waals surface area contributed by atoms with Gasteiger partial charge in [-0.3, -0.25) is 4.98 Å². The van der Waals surface area contributed by atoms with Crippen LogP contribution in [0.2, 0.25) is 0 Å². The number of pyridine rings is 1. The van der Waals surface area contributed by atoms with Crippen molar-refractivity contribution in [1.82, 2.24) is 10.3 Å². The molecule has 2 rings (SSSR count). The minimum absolute atomic E-state index is 0.506. The summed E-state index contributed by atoms with van der Waals surface area (Å²) in [6.07, 6.45) is 7.96. The lowest BCUT2D eigenvalue weighted by Crippen LogP contribution is -2.43. The number of aliphatic hydroxyl groups is 1. The minimum Gasteiger partial charge on any atom is -0.389 e. The molecule has 0 spiro atoms. The molecule has 0 aliphatic heterocycles. The lowest BCUT2D eigenvalue weighted by molar-refractivity contribution is -0.0119. The average molecular weight is 248 g/mol. The predicted molar refractivity (Wildman–Crippen MR) is 73.3 cm³/mol. The van der Waals surface area contributed by atoms with Crippen molar-refractivity contribution in [2.75, 3.05) is 6.54 Å². The molecule has 18 heavy (non-hydrogen) atoms. The van der Waals surface area contributed by atoms with Crippen LogP contribution in [-0.2, 0) is 6.54 Å². The molecule has 0 radical (unpaired) electrons. The third-order valence-corrected chi connectivity index (χ3v) is 3.98. The normalized spacial score (nSPS) is 28.3. The van der Waals surface area contributed by atoms with Crippen LogP contribution < -0.4 is 5.32 Å². The second-order valence-corrected chi connectivity index (χ2v) is 5.83. The van der Waals surface area contributed by atoms with Gasteiger partial charge in [0.2, 0.25) is 0 Å². The zero-order valence-corrected chi connectivity index (χ0v) is 11.4. The SMILES string of the molecule is Cc1ccncc1CNCC1(O)CCCC(C)C1. The Morgan fingerprint density at radius 1 is 1.56 bits per heavy atom. The summed E-state index contributed by atoms with van der Waals surface area (Å²) in [6.45, 7) is 5.80. The van der Waals surface area contributed by atoms with Gasteiger partial charge in [-0.15, -0.1) is 0 Å². The van der Waals surface area contributed by atoms with Crippen LogP contribution >= 0.6 is 0 Å². The fraction of sp³-hybridized carbons (Fsp3) is 0.667. The van der Waals surface area contributed by atoms with Gasteiger partial charge in [0.1, 0.15) is 0 Å². The van der Waals surface area contributed by atoms with E-state index in [4.69, 9.17) is 0 Å². The number of rotatable bonds is 4. The van der Waals surface area contributed by atoms with E-state index in [0.29, 0.717) is 12.5 Å². The van der Waals surface area contributed by atoms with E-state index in [-0.39, 0.29) is 0 Å². The van der Waals surface area contributed by atoms with Gasteiger partial charge in [0.25, 0.3) is 0 Å². The zero-order chi connectivity index (χ0) is 13.0. The molecule has 0 saturated heterocycles. The Morgan fingerprint density at radius 2 is 2.39 bits per heavy atom. The molecular formula is C15H24N2O. The lowest BCUT2D eigenvalue weighted by atomic mass is 9.79. The van der Waals surface area contributed by atoms with Gasteiger partial charge in [0.05, 0.1) is 5.60 Å². The second kappa shape index (κ2) is 5.81. The van der Waals surface area contributed by atoms with E-state index in [0.717, 1.165) is 25.8 Å². The van der Waals surface area contributed by atoms with E-state index < -0.39 is 5.60 Å². The van der Waals surface area contributed by atoms with Crippen molar-refractivity contribution >= 4 is 0 Å². The number of hydrogen-bond acceptors (Lipinski definition) is 3. The Kier molecular flexibility index (Phi) is 4.36. The van der Waals surface area contributed by atoms with E-state index >= 15 is 0 Å². The Labute approximate surface area is 110 Å². The van der Waals surface area contributed by atoms with Crippen LogP contribution in [0.15, 0.2) is 18.5 Å². The van der Waals surface area contributed by atoms with E-state index in [1.807, 2.05) is 18.5 Å². The van der Waals surface area contributed by atoms with Crippen molar-refractivity contribution in [3.05, 3.63) is 29.6 Å². The van der Waals surface area contributed by atoms with Gasteiger partial charge >= 0.3 is 0 Å². The standard InChI is InChI=1S/C15H24N2O/c1-12-4-3-6-15(18,8-12)11-17-10-14-9-16-7-5-13(14)2/h5,7,9,12,17-18H,3-4,6,8,10-11H2,1-2H3. The summed E-state index contributed by atoms with van der Waals surface area (Å²) in [5.74, 6) is 0.644. The lowest BCUT2D eigenvalue weighted by Gasteiger charge is -2.35. The third-order valence-electron chi connectivity index (χ3n) is 3.98. The molecule has 1 heterocycles. The second-order valence-electron chi connectivity index (χ2n) is 5.83. The highest BCUT2D eigenvalue weighted by molar-refractivity contribution is 5.21. The molecule has 1 aliphatic rings. The topological polar surface area (TPSA) is 45.2 Å². The van der Waals surface area contributed by atoms with Crippen LogP contribution in [0.4, 0.5) is 0 Å². The van der Waals surface area contributed by atoms with Gasteiger partial charge in [-0.1, -0.05) is 19.8 Å². The van der Waals surface area contributed by atoms with Gasteiger partial charge in [0.15, 0.2) is 0 Å². The Balaban J connectivity index is 1.83. The molecule has 1 aliphatic carbocycles. The summed E-state index contributed by atoms with van der Waals surface area (Å²) in [7, 11) is 0. The van der Waals surface area contributed by atoms with Crippen LogP contribution in [0.25, 0.3) is 0 Å². The summed E-state index contributed by atoms with van der Waals surface area (Å²) in [5, 5.41) is 13.9. The third kappa shape index (κ3) is 3.53. The fourth-order valence-electron chi connectivity index (χ4n) is 2.90. The van der Waals surface area contributed by atoms with Gasteiger partial charge in [-0.05, 0) is 42.9 Å². The maximum atomic E-state index is 10.5. The van der Waals surface area contributed by atoms with E-state index in [1.54, 1.807) is 0 Å². The molecule has 0 amide bonds. The van der Waals surface area contributed by atoms with Crippen LogP contribution in [0.5, 0.6) is 0 Å². The molecule has 1 fully saturated rings. The Hall–Kier alpha value is -0.930. The van der Waals surface area contributed by atoms with Gasteiger partial charge in [0, 0.05) is 25.5 Å². The highest BCUT2D eigenvalue weighted by atomic mass is 16.3. The van der Waals surface area contributed by atoms with Crippen molar-refractivity contribution in [2.45, 2.75) is 51.7 Å². The number of hydrogen-bond donors (Lipinski definition) is 2. The molecule has 1 saturated carbocycles. The summed E-state index contributed by atoms with van der Waals surface area (Å²) in [4.78, 5) is 4.14. The van der Waals surface area contributed by atoms with E-state index in [2.05, 4.69) is 24.1 Å². The Morgan fingerprint density at radius 3 is 3.11 bits per heavy atom. The molecule has 3 nitrogen and oxygen atoms in total. The molecule has 100 valence electrons. The first-order valence-electron chi connectivity index (χ1n) is 6.92. The van der Waals surface area contributed by atoms with Crippen molar-refractivity contribution in [3.63, 3.8) is 0 Å². The van der Waals surface area contributed by atoms with Crippen molar-refractivity contribution in [1.29, 1.82) is 0 Å². The molecule has 0 aromatic carbocycles. The summed E-state index contributed by atoms with van der Waals surface area (Å²) in [5.41, 5.74) is 1.96. The molecule has 3 heteroatoms. The molecule has 1 aromatic rings. The van der Waals surface area contributed by atoms with E-state index in [9.17, 15) is 5.11 Å². The van der Waals surface area contributed by atoms with E-state index in [1.165, 1.54) is 17.5 Å². The first kappa shape index (κ1) is 13.5. The number of nitrogens with zero attached hydrogens (tertiary/aromatic N) is 1. The van der Waals surface area contributed by atoms with Crippen LogP contribution in [0.3, 0.4) is 0 Å². The summed E-state index contributed by atoms with van der Waals surface area (Å²) < 4.78 is 0. The van der Waals surface area contributed by atoms with Crippen molar-refractivity contribution < 1.29 is 5.11 Å². The molecule has 2 atom stereocenters. The van der Waals surface area contributed by atoms with Crippen LogP contribution in [0.1, 0.15) is 43.7 Å². The van der Waals surface area contributed by atoms with Gasteiger partial charge in [-0.25, -0.2) is 0 Å². The number of aromatic nitrogens is 1. The smallest absolute Gasteiger partial charge is 0.0774 e. The highest BCUT2D eigenvalue weighted by Gasteiger charge is 2.31. The Bertz CT molecular complexity index is 394. The fourth-order valence-corrected chi connectivity index (χ4v) is 2.90. The maximum Gasteiger partial charge on any atom is 0.0774 e. The van der Waals surface area contributed by atoms with Crippen molar-refractivity contribution in [3.8, 4) is 0 Å². The van der Waals surface area contributed by atoms with Crippen molar-refractivity contribution in [2.24, 2.45) is 5.92 Å². The van der Waals surface area contributed by atoms with Crippen LogP contribution in [-0.4, -0.2) is 22.2 Å². The monoisotopic (exact) mass is 248 g/mol. The highest BCUT2D eigenvalue weighted by Crippen LogP contribution is 2.31. The number of aryl methyl sites for hydroxylation is 1. The molecule has 1 aromatic heterocycles.